The number of aliphatic imine (C=N–C) groups is 1. The molecule has 0 atom stereocenters. The van der Waals surface area contributed by atoms with Gasteiger partial charge in [-0.25, -0.2) is 14.2 Å². The third-order valence-electron chi connectivity index (χ3n) is 2.84. The quantitative estimate of drug-likeness (QED) is 0.616. The number of carbonyl (C=O) groups excluding carboxylic acids is 1. The average Bonchev–Trinajstić information content (AvgIpc) is 2.45. The number of isocyanates is 1. The van der Waals surface area contributed by atoms with Crippen LogP contribution in [0.4, 0.5) is 4.39 Å². The van der Waals surface area contributed by atoms with E-state index in [-0.39, 0.29) is 12.3 Å². The summed E-state index contributed by atoms with van der Waals surface area (Å²) < 4.78 is 19.5. The Labute approximate surface area is 116 Å². The van der Waals surface area contributed by atoms with E-state index in [1.165, 1.54) is 12.1 Å². The highest BCUT2D eigenvalue weighted by Crippen LogP contribution is 2.25. The summed E-state index contributed by atoms with van der Waals surface area (Å²) in [5, 5.41) is 0. The van der Waals surface area contributed by atoms with Crippen molar-refractivity contribution < 1.29 is 13.9 Å². The molecular weight excluding hydrogens is 257 g/mol. The number of rotatable bonds is 5. The van der Waals surface area contributed by atoms with Crippen molar-refractivity contribution in [3.63, 3.8) is 0 Å². The van der Waals surface area contributed by atoms with Crippen LogP contribution in [0.15, 0.2) is 47.5 Å². The Morgan fingerprint density at radius 2 is 1.95 bits per heavy atom. The lowest BCUT2D eigenvalue weighted by molar-refractivity contribution is 0.288. The smallest absolute Gasteiger partial charge is 0.235 e. The first-order valence-corrected chi connectivity index (χ1v) is 6.20. The number of halogens is 1. The van der Waals surface area contributed by atoms with Crippen LogP contribution in [0.1, 0.15) is 16.7 Å². The fourth-order valence-corrected chi connectivity index (χ4v) is 1.93. The standard InChI is InChI=1S/C16H14FNO2/c1-12-7-14(9-18-11-19)8-15(17)16(12)20-10-13-5-3-2-4-6-13/h2-8H,9-10H2,1H3. The molecule has 0 unspecified atom stereocenters. The summed E-state index contributed by atoms with van der Waals surface area (Å²) in [6.07, 6.45) is 1.44. The first-order chi connectivity index (χ1) is 9.70. The Morgan fingerprint density at radius 1 is 1.20 bits per heavy atom. The lowest BCUT2D eigenvalue weighted by atomic mass is 10.1. The first kappa shape index (κ1) is 14.0. The van der Waals surface area contributed by atoms with Crippen molar-refractivity contribution in [1.29, 1.82) is 0 Å². The van der Waals surface area contributed by atoms with Gasteiger partial charge in [-0.05, 0) is 29.7 Å². The molecular formula is C16H14FNO2. The highest BCUT2D eigenvalue weighted by molar-refractivity contribution is 5.39. The summed E-state index contributed by atoms with van der Waals surface area (Å²) in [5.41, 5.74) is 2.27. The van der Waals surface area contributed by atoms with Crippen LogP contribution < -0.4 is 4.74 Å². The van der Waals surface area contributed by atoms with Crippen LogP contribution in [0.2, 0.25) is 0 Å². The van der Waals surface area contributed by atoms with Gasteiger partial charge in [0, 0.05) is 0 Å². The molecule has 0 aliphatic heterocycles. The van der Waals surface area contributed by atoms with E-state index in [1.807, 2.05) is 30.3 Å². The van der Waals surface area contributed by atoms with Crippen molar-refractivity contribution in [3.8, 4) is 5.75 Å². The predicted octanol–water partition coefficient (Wildman–Crippen LogP) is 3.55. The normalized spacial score (nSPS) is 9.90. The molecule has 0 saturated heterocycles. The molecule has 2 aromatic rings. The third-order valence-corrected chi connectivity index (χ3v) is 2.84. The minimum Gasteiger partial charge on any atom is -0.486 e. The SMILES string of the molecule is Cc1cc(CN=C=O)cc(F)c1OCc1ccccc1. The zero-order valence-electron chi connectivity index (χ0n) is 11.1. The Morgan fingerprint density at radius 3 is 2.60 bits per heavy atom. The molecule has 0 saturated carbocycles. The van der Waals surface area contributed by atoms with Gasteiger partial charge in [-0.3, -0.25) is 0 Å². The van der Waals surface area contributed by atoms with Crippen LogP contribution in [0, 0.1) is 12.7 Å². The summed E-state index contributed by atoms with van der Waals surface area (Å²) in [4.78, 5) is 13.5. The molecule has 0 spiro atoms. The summed E-state index contributed by atoms with van der Waals surface area (Å²) in [7, 11) is 0. The van der Waals surface area contributed by atoms with Crippen LogP contribution in [0.5, 0.6) is 5.75 Å². The lowest BCUT2D eigenvalue weighted by Gasteiger charge is -2.11. The molecule has 2 aromatic carbocycles. The second-order valence-corrected chi connectivity index (χ2v) is 4.41. The van der Waals surface area contributed by atoms with Crippen molar-refractivity contribution in [2.24, 2.45) is 4.99 Å². The van der Waals surface area contributed by atoms with Crippen LogP contribution in [0.25, 0.3) is 0 Å². The van der Waals surface area contributed by atoms with Gasteiger partial charge in [-0.1, -0.05) is 36.4 Å². The average molecular weight is 271 g/mol. The molecule has 4 heteroatoms. The van der Waals surface area contributed by atoms with Crippen molar-refractivity contribution in [1.82, 2.24) is 0 Å². The number of hydrogen-bond acceptors (Lipinski definition) is 3. The molecule has 0 N–H and O–H groups in total. The van der Waals surface area contributed by atoms with E-state index in [0.717, 1.165) is 5.56 Å². The maximum Gasteiger partial charge on any atom is 0.235 e. The van der Waals surface area contributed by atoms with Gasteiger partial charge in [-0.15, -0.1) is 0 Å². The maximum absolute atomic E-state index is 14.0. The Bertz CT molecular complexity index is 611. The molecule has 0 bridgehead atoms. The zero-order valence-corrected chi connectivity index (χ0v) is 11.1. The summed E-state index contributed by atoms with van der Waals surface area (Å²) >= 11 is 0. The molecule has 0 aromatic heterocycles. The largest absolute Gasteiger partial charge is 0.486 e. The number of nitrogens with zero attached hydrogens (tertiary/aromatic N) is 1. The molecule has 3 nitrogen and oxygen atoms in total. The lowest BCUT2D eigenvalue weighted by Crippen LogP contribution is -2.00. The van der Waals surface area contributed by atoms with Crippen molar-refractivity contribution in [2.45, 2.75) is 20.1 Å². The number of aryl methyl sites for hydroxylation is 1. The number of hydrogen-bond donors (Lipinski definition) is 0. The molecule has 0 fully saturated rings. The zero-order chi connectivity index (χ0) is 14.4. The molecule has 0 radical (unpaired) electrons. The van der Waals surface area contributed by atoms with E-state index < -0.39 is 5.82 Å². The van der Waals surface area contributed by atoms with E-state index in [1.54, 1.807) is 13.0 Å². The van der Waals surface area contributed by atoms with Gasteiger partial charge in [0.2, 0.25) is 6.08 Å². The molecule has 20 heavy (non-hydrogen) atoms. The van der Waals surface area contributed by atoms with Gasteiger partial charge in [0.1, 0.15) is 6.61 Å². The van der Waals surface area contributed by atoms with Gasteiger partial charge >= 0.3 is 0 Å². The number of ether oxygens (including phenoxy) is 1. The molecule has 0 aliphatic carbocycles. The van der Waals surface area contributed by atoms with Gasteiger partial charge in [0.05, 0.1) is 6.54 Å². The predicted molar refractivity (Wildman–Crippen MR) is 73.7 cm³/mol. The summed E-state index contributed by atoms with van der Waals surface area (Å²) in [6.45, 7) is 2.20. The van der Waals surface area contributed by atoms with E-state index >= 15 is 0 Å². The van der Waals surface area contributed by atoms with Crippen LogP contribution in [-0.4, -0.2) is 6.08 Å². The highest BCUT2D eigenvalue weighted by atomic mass is 19.1. The van der Waals surface area contributed by atoms with Gasteiger partial charge < -0.3 is 4.74 Å². The monoisotopic (exact) mass is 271 g/mol. The maximum atomic E-state index is 14.0. The van der Waals surface area contributed by atoms with Gasteiger partial charge in [-0.2, -0.15) is 0 Å². The summed E-state index contributed by atoms with van der Waals surface area (Å²) in [6, 6.07) is 12.6. The van der Waals surface area contributed by atoms with Crippen LogP contribution in [0.3, 0.4) is 0 Å². The molecule has 0 heterocycles. The van der Waals surface area contributed by atoms with E-state index in [2.05, 4.69) is 4.99 Å². The molecule has 2 rings (SSSR count). The van der Waals surface area contributed by atoms with E-state index in [0.29, 0.717) is 17.7 Å². The highest BCUT2D eigenvalue weighted by Gasteiger charge is 2.09. The van der Waals surface area contributed by atoms with Crippen molar-refractivity contribution in [3.05, 3.63) is 65.0 Å². The second-order valence-electron chi connectivity index (χ2n) is 4.41. The van der Waals surface area contributed by atoms with Crippen LogP contribution >= 0.6 is 0 Å². The van der Waals surface area contributed by atoms with E-state index in [9.17, 15) is 9.18 Å². The third kappa shape index (κ3) is 3.53. The summed E-state index contributed by atoms with van der Waals surface area (Å²) in [5.74, 6) is -0.218. The first-order valence-electron chi connectivity index (χ1n) is 6.20. The molecule has 0 amide bonds. The minimum atomic E-state index is -0.447. The topological polar surface area (TPSA) is 38.7 Å². The molecule has 102 valence electrons. The minimum absolute atomic E-state index is 0.125. The van der Waals surface area contributed by atoms with Crippen molar-refractivity contribution in [2.75, 3.05) is 0 Å². The fraction of sp³-hybridized carbons (Fsp3) is 0.188. The second kappa shape index (κ2) is 6.64. The van der Waals surface area contributed by atoms with Crippen molar-refractivity contribution >= 4 is 6.08 Å². The van der Waals surface area contributed by atoms with Crippen LogP contribution in [-0.2, 0) is 17.9 Å². The Balaban J connectivity index is 2.14. The fourth-order valence-electron chi connectivity index (χ4n) is 1.93. The van der Waals surface area contributed by atoms with E-state index in [4.69, 9.17) is 4.74 Å². The molecule has 0 aliphatic rings. The van der Waals surface area contributed by atoms with Gasteiger partial charge in [0.25, 0.3) is 0 Å². The number of benzene rings is 2. The Hall–Kier alpha value is -2.45. The van der Waals surface area contributed by atoms with Gasteiger partial charge in [0.15, 0.2) is 11.6 Å². The Kier molecular flexibility index (Phi) is 4.64.